The first kappa shape index (κ1) is 15.4. The van der Waals surface area contributed by atoms with Crippen LogP contribution in [0.25, 0.3) is 0 Å². The van der Waals surface area contributed by atoms with Crippen LogP contribution < -0.4 is 0 Å². The Kier molecular flexibility index (Phi) is 4.78. The zero-order valence-electron chi connectivity index (χ0n) is 11.3. The van der Waals surface area contributed by atoms with Crippen LogP contribution in [-0.2, 0) is 14.8 Å². The molecule has 1 aliphatic rings. The van der Waals surface area contributed by atoms with Crippen LogP contribution in [-0.4, -0.2) is 42.6 Å². The topological polar surface area (TPSA) is 74.7 Å². The lowest BCUT2D eigenvalue weighted by Crippen LogP contribution is -2.30. The molecule has 18 heavy (non-hydrogen) atoms. The summed E-state index contributed by atoms with van der Waals surface area (Å²) in [6, 6.07) is 0. The van der Waals surface area contributed by atoms with Crippen molar-refractivity contribution in [1.29, 1.82) is 0 Å². The highest BCUT2D eigenvalue weighted by Gasteiger charge is 2.34. The van der Waals surface area contributed by atoms with E-state index in [4.69, 9.17) is 5.11 Å². The van der Waals surface area contributed by atoms with E-state index in [9.17, 15) is 13.2 Å². The SMILES string of the molecule is CC1CN(CCC(C)(C)CCC(=O)O)S(=O)(=O)C1. The number of aliphatic carboxylic acids is 1. The highest BCUT2D eigenvalue weighted by molar-refractivity contribution is 7.89. The molecule has 1 atom stereocenters. The summed E-state index contributed by atoms with van der Waals surface area (Å²) in [7, 11) is -3.07. The lowest BCUT2D eigenvalue weighted by atomic mass is 9.84. The zero-order valence-corrected chi connectivity index (χ0v) is 12.2. The Morgan fingerprint density at radius 2 is 2.00 bits per heavy atom. The fourth-order valence-electron chi connectivity index (χ4n) is 2.21. The van der Waals surface area contributed by atoms with Gasteiger partial charge in [0.2, 0.25) is 10.0 Å². The summed E-state index contributed by atoms with van der Waals surface area (Å²) < 4.78 is 25.1. The van der Waals surface area contributed by atoms with Gasteiger partial charge in [0.1, 0.15) is 0 Å². The van der Waals surface area contributed by atoms with Gasteiger partial charge in [-0.25, -0.2) is 12.7 Å². The predicted molar refractivity (Wildman–Crippen MR) is 69.8 cm³/mol. The largest absolute Gasteiger partial charge is 0.481 e. The lowest BCUT2D eigenvalue weighted by molar-refractivity contribution is -0.137. The molecule has 0 aromatic rings. The van der Waals surface area contributed by atoms with Gasteiger partial charge in [-0.1, -0.05) is 20.8 Å². The highest BCUT2D eigenvalue weighted by atomic mass is 32.2. The molecule has 1 fully saturated rings. The van der Waals surface area contributed by atoms with Gasteiger partial charge in [-0.05, 0) is 24.2 Å². The third-order valence-electron chi connectivity index (χ3n) is 3.46. The quantitative estimate of drug-likeness (QED) is 0.799. The number of rotatable bonds is 6. The molecule has 6 heteroatoms. The molecule has 1 rings (SSSR count). The van der Waals surface area contributed by atoms with Gasteiger partial charge < -0.3 is 5.11 Å². The van der Waals surface area contributed by atoms with Crippen LogP contribution in [0.2, 0.25) is 0 Å². The molecule has 1 N–H and O–H groups in total. The van der Waals surface area contributed by atoms with Gasteiger partial charge in [-0.3, -0.25) is 4.79 Å². The van der Waals surface area contributed by atoms with Crippen molar-refractivity contribution in [2.75, 3.05) is 18.8 Å². The fourth-order valence-corrected chi connectivity index (χ4v) is 4.09. The van der Waals surface area contributed by atoms with Crippen LogP contribution >= 0.6 is 0 Å². The summed E-state index contributed by atoms with van der Waals surface area (Å²) in [5.74, 6) is -0.370. The minimum absolute atomic E-state index is 0.135. The van der Waals surface area contributed by atoms with Gasteiger partial charge in [-0.2, -0.15) is 0 Å². The number of carboxylic acid groups (broad SMARTS) is 1. The summed E-state index contributed by atoms with van der Waals surface area (Å²) in [4.78, 5) is 10.5. The minimum Gasteiger partial charge on any atom is -0.481 e. The Hall–Kier alpha value is -0.620. The molecule has 1 heterocycles. The maximum absolute atomic E-state index is 11.8. The van der Waals surface area contributed by atoms with Crippen LogP contribution in [0, 0.1) is 11.3 Å². The average molecular weight is 277 g/mol. The lowest BCUT2D eigenvalue weighted by Gasteiger charge is -2.26. The minimum atomic E-state index is -3.07. The standard InChI is InChI=1S/C12H23NO4S/c1-10-8-13(18(16,17)9-10)7-6-12(2,3)5-4-11(14)15/h10H,4-9H2,1-3H3,(H,14,15). The fraction of sp³-hybridized carbons (Fsp3) is 0.917. The molecular formula is C12H23NO4S. The molecule has 0 aromatic carbocycles. The third-order valence-corrected chi connectivity index (χ3v) is 5.57. The molecule has 0 bridgehead atoms. The van der Waals surface area contributed by atoms with Crippen molar-refractivity contribution in [3.63, 3.8) is 0 Å². The van der Waals surface area contributed by atoms with E-state index in [-0.39, 0.29) is 23.5 Å². The number of carbonyl (C=O) groups is 1. The number of sulfonamides is 1. The Morgan fingerprint density at radius 3 is 2.44 bits per heavy atom. The molecule has 1 aliphatic heterocycles. The van der Waals surface area contributed by atoms with Gasteiger partial charge in [0.25, 0.3) is 0 Å². The van der Waals surface area contributed by atoms with Crippen molar-refractivity contribution in [3.05, 3.63) is 0 Å². The molecule has 0 radical (unpaired) electrons. The van der Waals surface area contributed by atoms with Crippen molar-refractivity contribution in [1.82, 2.24) is 4.31 Å². The van der Waals surface area contributed by atoms with Gasteiger partial charge >= 0.3 is 5.97 Å². The van der Waals surface area contributed by atoms with Gasteiger partial charge in [0.05, 0.1) is 5.75 Å². The Balaban J connectivity index is 2.47. The normalized spacial score (nSPS) is 24.3. The molecule has 106 valence electrons. The Bertz CT molecular complexity index is 402. The number of hydrogen-bond acceptors (Lipinski definition) is 3. The average Bonchev–Trinajstić information content (AvgIpc) is 2.46. The Morgan fingerprint density at radius 1 is 1.39 bits per heavy atom. The molecule has 0 spiro atoms. The molecule has 0 amide bonds. The third kappa shape index (κ3) is 4.57. The molecular weight excluding hydrogens is 254 g/mol. The van der Waals surface area contributed by atoms with Crippen molar-refractivity contribution in [2.24, 2.45) is 11.3 Å². The van der Waals surface area contributed by atoms with Crippen LogP contribution in [0.3, 0.4) is 0 Å². The van der Waals surface area contributed by atoms with Crippen LogP contribution in [0.4, 0.5) is 0 Å². The molecule has 5 nitrogen and oxygen atoms in total. The van der Waals surface area contributed by atoms with E-state index >= 15 is 0 Å². The first-order valence-electron chi connectivity index (χ1n) is 6.32. The highest BCUT2D eigenvalue weighted by Crippen LogP contribution is 2.29. The van der Waals surface area contributed by atoms with Crippen molar-refractivity contribution in [2.45, 2.75) is 40.0 Å². The van der Waals surface area contributed by atoms with Gasteiger partial charge in [0, 0.05) is 19.5 Å². The van der Waals surface area contributed by atoms with Crippen molar-refractivity contribution >= 4 is 16.0 Å². The first-order chi connectivity index (χ1) is 8.12. The number of carboxylic acids is 1. The molecule has 0 aliphatic carbocycles. The van der Waals surface area contributed by atoms with Crippen LogP contribution in [0.5, 0.6) is 0 Å². The summed E-state index contributed by atoms with van der Waals surface area (Å²) in [6.07, 6.45) is 1.41. The van der Waals surface area contributed by atoms with Crippen molar-refractivity contribution in [3.8, 4) is 0 Å². The monoisotopic (exact) mass is 277 g/mol. The number of hydrogen-bond donors (Lipinski definition) is 1. The van der Waals surface area contributed by atoms with E-state index in [2.05, 4.69) is 0 Å². The van der Waals surface area contributed by atoms with E-state index in [1.165, 1.54) is 0 Å². The van der Waals surface area contributed by atoms with Crippen LogP contribution in [0.15, 0.2) is 0 Å². The second-order valence-corrected chi connectivity index (χ2v) is 8.06. The summed E-state index contributed by atoms with van der Waals surface area (Å²) >= 11 is 0. The smallest absolute Gasteiger partial charge is 0.303 e. The van der Waals surface area contributed by atoms with E-state index in [0.717, 1.165) is 0 Å². The second-order valence-electron chi connectivity index (χ2n) is 6.05. The van der Waals surface area contributed by atoms with Gasteiger partial charge in [0.15, 0.2) is 0 Å². The molecule has 0 aromatic heterocycles. The van der Waals surface area contributed by atoms with E-state index in [1.54, 1.807) is 4.31 Å². The summed E-state index contributed by atoms with van der Waals surface area (Å²) in [5, 5.41) is 8.67. The van der Waals surface area contributed by atoms with E-state index < -0.39 is 16.0 Å². The van der Waals surface area contributed by atoms with Gasteiger partial charge in [-0.15, -0.1) is 0 Å². The van der Waals surface area contributed by atoms with Crippen molar-refractivity contribution < 1.29 is 18.3 Å². The zero-order chi connectivity index (χ0) is 14.0. The maximum Gasteiger partial charge on any atom is 0.303 e. The van der Waals surface area contributed by atoms with Crippen LogP contribution in [0.1, 0.15) is 40.0 Å². The first-order valence-corrected chi connectivity index (χ1v) is 7.93. The molecule has 1 unspecified atom stereocenters. The second kappa shape index (κ2) is 5.57. The van der Waals surface area contributed by atoms with E-state index in [0.29, 0.717) is 25.9 Å². The van der Waals surface area contributed by atoms with E-state index in [1.807, 2.05) is 20.8 Å². The number of nitrogens with zero attached hydrogens (tertiary/aromatic N) is 1. The maximum atomic E-state index is 11.8. The summed E-state index contributed by atoms with van der Waals surface area (Å²) in [5.41, 5.74) is -0.139. The molecule has 0 saturated carbocycles. The predicted octanol–water partition coefficient (Wildman–Crippen LogP) is 1.55. The molecule has 1 saturated heterocycles. The summed E-state index contributed by atoms with van der Waals surface area (Å²) in [6.45, 7) is 7.01. The Labute approximate surface area is 109 Å².